The Morgan fingerprint density at radius 2 is 2.04 bits per heavy atom. The maximum atomic E-state index is 6.02. The van der Waals surface area contributed by atoms with Crippen molar-refractivity contribution >= 4 is 39.3 Å². The lowest BCUT2D eigenvalue weighted by atomic mass is 9.98. The van der Waals surface area contributed by atoms with Crippen LogP contribution in [0.15, 0.2) is 35.4 Å². The summed E-state index contributed by atoms with van der Waals surface area (Å²) in [6.07, 6.45) is 0.909. The largest absolute Gasteiger partial charge is 0.370 e. The molecule has 0 amide bonds. The van der Waals surface area contributed by atoms with E-state index in [0.717, 1.165) is 27.4 Å². The summed E-state index contributed by atoms with van der Waals surface area (Å²) in [6, 6.07) is 10.4. The van der Waals surface area contributed by atoms with E-state index in [-0.39, 0.29) is 5.60 Å². The van der Waals surface area contributed by atoms with Gasteiger partial charge in [0, 0.05) is 28.0 Å². The van der Waals surface area contributed by atoms with Crippen molar-refractivity contribution in [3.63, 3.8) is 0 Å². The summed E-state index contributed by atoms with van der Waals surface area (Å²) in [5.41, 5.74) is 8.34. The van der Waals surface area contributed by atoms with E-state index in [0.29, 0.717) is 12.6 Å². The van der Waals surface area contributed by atoms with Crippen molar-refractivity contribution in [2.75, 3.05) is 5.73 Å². The third-order valence-corrected chi connectivity index (χ3v) is 6.30. The molecule has 1 aliphatic heterocycles. The molecule has 0 radical (unpaired) electrons. The van der Waals surface area contributed by atoms with Crippen molar-refractivity contribution in [3.8, 4) is 0 Å². The van der Waals surface area contributed by atoms with Gasteiger partial charge in [0.1, 0.15) is 9.86 Å². The maximum absolute atomic E-state index is 6.02. The first kappa shape index (κ1) is 15.9. The molecule has 0 aliphatic carbocycles. The van der Waals surface area contributed by atoms with Crippen molar-refractivity contribution in [2.24, 2.45) is 0 Å². The Kier molecular flexibility index (Phi) is 3.98. The minimum atomic E-state index is -0.121. The van der Waals surface area contributed by atoms with Gasteiger partial charge in [-0.2, -0.15) is 0 Å². The molecule has 0 saturated carbocycles. The number of fused-ring (bicyclic) bond motifs is 3. The number of thioether (sulfide) groups is 1. The van der Waals surface area contributed by atoms with Gasteiger partial charge in [-0.15, -0.1) is 23.1 Å². The molecule has 1 aromatic carbocycles. The molecule has 4 rings (SSSR count). The van der Waals surface area contributed by atoms with Crippen LogP contribution in [-0.4, -0.2) is 15.6 Å². The minimum absolute atomic E-state index is 0.121. The van der Waals surface area contributed by atoms with E-state index in [9.17, 15) is 0 Å². The first-order valence-corrected chi connectivity index (χ1v) is 9.70. The normalized spacial score (nSPS) is 16.2. The van der Waals surface area contributed by atoms with Gasteiger partial charge in [0.15, 0.2) is 0 Å². The number of hydrogen-bond donors (Lipinski definition) is 1. The lowest BCUT2D eigenvalue weighted by Crippen LogP contribution is -2.30. The summed E-state index contributed by atoms with van der Waals surface area (Å²) in [5.74, 6) is 1.21. The van der Waals surface area contributed by atoms with Crippen LogP contribution < -0.4 is 5.73 Å². The first-order valence-electron chi connectivity index (χ1n) is 7.90. The molecule has 0 spiro atoms. The summed E-state index contributed by atoms with van der Waals surface area (Å²) in [6.45, 7) is 4.88. The fraction of sp³-hybridized carbons (Fsp3) is 0.333. The second-order valence-electron chi connectivity index (χ2n) is 6.57. The molecular weight excluding hydrogens is 338 g/mol. The molecule has 0 saturated heterocycles. The highest BCUT2D eigenvalue weighted by Gasteiger charge is 2.30. The average molecular weight is 358 g/mol. The number of benzene rings is 1. The standard InChI is InChI=1S/C18H19N3OS2/c1-18(2)8-13-12(9-22-18)14-15(20-17(19)21-16(14)24-13)23-10-11-6-4-3-5-7-11/h3-7H,8-10H2,1-2H3,(H2,19,20,21). The fourth-order valence-electron chi connectivity index (χ4n) is 2.92. The lowest BCUT2D eigenvalue weighted by molar-refractivity contribution is -0.0383. The van der Waals surface area contributed by atoms with E-state index in [1.54, 1.807) is 23.1 Å². The van der Waals surface area contributed by atoms with Crippen molar-refractivity contribution in [2.45, 2.75) is 43.3 Å². The zero-order valence-corrected chi connectivity index (χ0v) is 15.3. The average Bonchev–Trinajstić information content (AvgIpc) is 2.89. The fourth-order valence-corrected chi connectivity index (χ4v) is 5.40. The van der Waals surface area contributed by atoms with E-state index >= 15 is 0 Å². The van der Waals surface area contributed by atoms with Crippen LogP contribution in [0.4, 0.5) is 5.95 Å². The van der Waals surface area contributed by atoms with Gasteiger partial charge in [0.2, 0.25) is 5.95 Å². The lowest BCUT2D eigenvalue weighted by Gasteiger charge is -2.29. The van der Waals surface area contributed by atoms with E-state index in [2.05, 4.69) is 48.1 Å². The predicted octanol–water partition coefficient (Wildman–Crippen LogP) is 4.42. The van der Waals surface area contributed by atoms with Crippen LogP contribution in [0.1, 0.15) is 29.9 Å². The Morgan fingerprint density at radius 1 is 1.25 bits per heavy atom. The molecule has 3 aromatic rings. The first-order chi connectivity index (χ1) is 11.5. The molecule has 3 heterocycles. The third kappa shape index (κ3) is 3.01. The van der Waals surface area contributed by atoms with E-state index in [1.165, 1.54) is 16.0 Å². The molecule has 124 valence electrons. The Labute approximate surface area is 149 Å². The number of hydrogen-bond acceptors (Lipinski definition) is 6. The second kappa shape index (κ2) is 6.02. The number of rotatable bonds is 3. The van der Waals surface area contributed by atoms with Gasteiger partial charge in [-0.25, -0.2) is 9.97 Å². The molecule has 2 aromatic heterocycles. The summed E-state index contributed by atoms with van der Waals surface area (Å²) in [5, 5.41) is 2.09. The highest BCUT2D eigenvalue weighted by molar-refractivity contribution is 7.98. The molecule has 24 heavy (non-hydrogen) atoms. The van der Waals surface area contributed by atoms with Gasteiger partial charge >= 0.3 is 0 Å². The van der Waals surface area contributed by atoms with E-state index < -0.39 is 0 Å². The van der Waals surface area contributed by atoms with Gasteiger partial charge in [0.05, 0.1) is 12.2 Å². The topological polar surface area (TPSA) is 61.0 Å². The molecule has 1 aliphatic rings. The Balaban J connectivity index is 1.74. The van der Waals surface area contributed by atoms with Crippen LogP contribution in [0.3, 0.4) is 0 Å². The minimum Gasteiger partial charge on any atom is -0.370 e. The van der Waals surface area contributed by atoms with Crippen LogP contribution in [0.25, 0.3) is 10.2 Å². The van der Waals surface area contributed by atoms with Gasteiger partial charge in [-0.05, 0) is 19.4 Å². The SMILES string of the molecule is CC1(C)Cc2sc3nc(N)nc(SCc4ccccc4)c3c2CO1. The number of nitrogen functional groups attached to an aromatic ring is 1. The highest BCUT2D eigenvalue weighted by Crippen LogP contribution is 2.42. The summed E-state index contributed by atoms with van der Waals surface area (Å²) < 4.78 is 6.02. The quantitative estimate of drug-likeness (QED) is 0.555. The monoisotopic (exact) mass is 357 g/mol. The summed E-state index contributed by atoms with van der Waals surface area (Å²) >= 11 is 3.44. The Morgan fingerprint density at radius 3 is 2.83 bits per heavy atom. The number of ether oxygens (including phenoxy) is 1. The molecule has 0 unspecified atom stereocenters. The molecule has 0 bridgehead atoms. The number of nitrogens with zero attached hydrogens (tertiary/aromatic N) is 2. The van der Waals surface area contributed by atoms with Gasteiger partial charge in [-0.1, -0.05) is 30.3 Å². The molecular formula is C18H19N3OS2. The number of thiophene rings is 1. The van der Waals surface area contributed by atoms with Crippen LogP contribution in [0.2, 0.25) is 0 Å². The number of anilines is 1. The number of aromatic nitrogens is 2. The molecule has 0 fully saturated rings. The Hall–Kier alpha value is -1.63. The molecule has 2 N–H and O–H groups in total. The highest BCUT2D eigenvalue weighted by atomic mass is 32.2. The van der Waals surface area contributed by atoms with Gasteiger partial charge in [0.25, 0.3) is 0 Å². The zero-order valence-electron chi connectivity index (χ0n) is 13.7. The summed E-state index contributed by atoms with van der Waals surface area (Å²) in [7, 11) is 0. The second-order valence-corrected chi connectivity index (χ2v) is 8.62. The van der Waals surface area contributed by atoms with Crippen LogP contribution in [-0.2, 0) is 23.5 Å². The van der Waals surface area contributed by atoms with Crippen molar-refractivity contribution < 1.29 is 4.74 Å². The molecule has 4 nitrogen and oxygen atoms in total. The van der Waals surface area contributed by atoms with Crippen molar-refractivity contribution in [3.05, 3.63) is 46.3 Å². The van der Waals surface area contributed by atoms with Crippen LogP contribution in [0.5, 0.6) is 0 Å². The van der Waals surface area contributed by atoms with Crippen LogP contribution in [0, 0.1) is 0 Å². The van der Waals surface area contributed by atoms with E-state index in [4.69, 9.17) is 10.5 Å². The summed E-state index contributed by atoms with van der Waals surface area (Å²) in [4.78, 5) is 11.3. The third-order valence-electron chi connectivity index (χ3n) is 4.13. The van der Waals surface area contributed by atoms with Gasteiger partial charge in [-0.3, -0.25) is 0 Å². The molecule has 0 atom stereocenters. The molecule has 6 heteroatoms. The number of nitrogens with two attached hydrogens (primary N) is 1. The Bertz CT molecular complexity index is 890. The van der Waals surface area contributed by atoms with Gasteiger partial charge < -0.3 is 10.5 Å². The zero-order chi connectivity index (χ0) is 16.7. The maximum Gasteiger partial charge on any atom is 0.222 e. The van der Waals surface area contributed by atoms with Crippen molar-refractivity contribution in [1.29, 1.82) is 0 Å². The van der Waals surface area contributed by atoms with E-state index in [1.807, 2.05) is 6.07 Å². The van der Waals surface area contributed by atoms with Crippen molar-refractivity contribution in [1.82, 2.24) is 9.97 Å². The predicted molar refractivity (Wildman–Crippen MR) is 100 cm³/mol. The van der Waals surface area contributed by atoms with Crippen LogP contribution >= 0.6 is 23.1 Å². The smallest absolute Gasteiger partial charge is 0.222 e.